The maximum Gasteiger partial charge on any atom is 0.291 e. The molecule has 3 rings (SSSR count). The molecule has 3 aromatic heterocycles. The van der Waals surface area contributed by atoms with Crippen LogP contribution < -0.4 is 10.9 Å². The van der Waals surface area contributed by atoms with Crippen molar-refractivity contribution in [3.63, 3.8) is 0 Å². The van der Waals surface area contributed by atoms with Gasteiger partial charge in [0.25, 0.3) is 5.56 Å². The fourth-order valence-electron chi connectivity index (χ4n) is 2.86. The highest BCUT2D eigenvalue weighted by Gasteiger charge is 2.17. The van der Waals surface area contributed by atoms with Gasteiger partial charge in [0.15, 0.2) is 0 Å². The lowest BCUT2D eigenvalue weighted by molar-refractivity contribution is -0.117. The first-order chi connectivity index (χ1) is 12.8. The second-order valence-electron chi connectivity index (χ2n) is 6.96. The molecule has 3 aromatic rings. The van der Waals surface area contributed by atoms with Gasteiger partial charge >= 0.3 is 0 Å². The largest absolute Gasteiger partial charge is 0.309 e. The number of carbonyl (C=O) groups is 1. The molecule has 0 fully saturated rings. The number of anilines is 1. The van der Waals surface area contributed by atoms with Crippen LogP contribution in [-0.2, 0) is 17.9 Å². The summed E-state index contributed by atoms with van der Waals surface area (Å²) < 4.78 is 3.03. The molecule has 1 N–H and O–H groups in total. The summed E-state index contributed by atoms with van der Waals surface area (Å²) >= 11 is 0. The summed E-state index contributed by atoms with van der Waals surface area (Å²) in [4.78, 5) is 35.0. The van der Waals surface area contributed by atoms with E-state index in [2.05, 4.69) is 20.4 Å². The zero-order chi connectivity index (χ0) is 19.6. The molecule has 27 heavy (non-hydrogen) atoms. The maximum absolute atomic E-state index is 12.9. The molecule has 3 heterocycles. The van der Waals surface area contributed by atoms with Crippen molar-refractivity contribution in [3.8, 4) is 0 Å². The number of carbonyl (C=O) groups excluding carboxylic acids is 1. The molecule has 0 radical (unpaired) electrons. The van der Waals surface area contributed by atoms with Gasteiger partial charge in [0.05, 0.1) is 0 Å². The number of aromatic nitrogens is 5. The fourth-order valence-corrected chi connectivity index (χ4v) is 2.86. The number of nitrogens with zero attached hydrogens (tertiary/aromatic N) is 6. The third-order valence-electron chi connectivity index (χ3n) is 3.96. The highest BCUT2D eigenvalue weighted by atomic mass is 16.2. The first kappa shape index (κ1) is 18.7. The normalized spacial score (nSPS) is 11.5. The Morgan fingerprint density at radius 3 is 2.74 bits per heavy atom. The van der Waals surface area contributed by atoms with Gasteiger partial charge in [0, 0.05) is 24.9 Å². The summed E-state index contributed by atoms with van der Waals surface area (Å²) in [5.41, 5.74) is 1.23. The summed E-state index contributed by atoms with van der Waals surface area (Å²) in [6, 6.07) is 3.44. The van der Waals surface area contributed by atoms with E-state index >= 15 is 0 Å². The molecule has 1 amide bonds. The lowest BCUT2D eigenvalue weighted by Gasteiger charge is -2.12. The average Bonchev–Trinajstić information content (AvgIpc) is 3.01. The minimum absolute atomic E-state index is 0.0869. The molecule has 0 aliphatic heterocycles. The predicted molar refractivity (Wildman–Crippen MR) is 102 cm³/mol. The number of nitrogens with one attached hydrogen (secondary N) is 1. The Hall–Kier alpha value is -3.07. The van der Waals surface area contributed by atoms with Gasteiger partial charge in [-0.15, -0.1) is 0 Å². The molecule has 0 atom stereocenters. The Morgan fingerprint density at radius 2 is 2.11 bits per heavy atom. The van der Waals surface area contributed by atoms with Crippen LogP contribution >= 0.6 is 0 Å². The lowest BCUT2D eigenvalue weighted by Crippen LogP contribution is -2.32. The number of hydrogen-bond acceptors (Lipinski definition) is 6. The molecule has 0 spiro atoms. The molecule has 0 aliphatic rings. The van der Waals surface area contributed by atoms with Gasteiger partial charge in [-0.25, -0.2) is 14.6 Å². The average molecular weight is 369 g/mol. The van der Waals surface area contributed by atoms with E-state index in [-0.39, 0.29) is 23.9 Å². The molecule has 0 bridgehead atoms. The van der Waals surface area contributed by atoms with Crippen LogP contribution in [0.2, 0.25) is 0 Å². The number of fused-ring (bicyclic) bond motifs is 1. The molecule has 0 saturated heterocycles. The number of rotatable bonds is 6. The third-order valence-corrected chi connectivity index (χ3v) is 3.96. The van der Waals surface area contributed by atoms with Crippen LogP contribution in [0.1, 0.15) is 31.2 Å². The minimum Gasteiger partial charge on any atom is -0.309 e. The van der Waals surface area contributed by atoms with Gasteiger partial charge in [-0.1, -0.05) is 13.8 Å². The van der Waals surface area contributed by atoms with Gasteiger partial charge in [-0.3, -0.25) is 14.0 Å². The second kappa shape index (κ2) is 7.67. The predicted octanol–water partition coefficient (Wildman–Crippen LogP) is 1.11. The number of hydrogen-bond donors (Lipinski definition) is 1. The van der Waals surface area contributed by atoms with Gasteiger partial charge in [0.2, 0.25) is 5.91 Å². The van der Waals surface area contributed by atoms with Crippen molar-refractivity contribution in [3.05, 3.63) is 52.6 Å². The Morgan fingerprint density at radius 1 is 1.33 bits per heavy atom. The second-order valence-corrected chi connectivity index (χ2v) is 6.96. The van der Waals surface area contributed by atoms with Crippen LogP contribution in [-0.4, -0.2) is 49.1 Å². The quantitative estimate of drug-likeness (QED) is 0.699. The Kier molecular flexibility index (Phi) is 5.31. The molecule has 9 nitrogen and oxygen atoms in total. The molecular weight excluding hydrogens is 346 g/mol. The van der Waals surface area contributed by atoms with Crippen molar-refractivity contribution in [1.82, 2.24) is 29.0 Å². The first-order valence-electron chi connectivity index (χ1n) is 8.67. The van der Waals surface area contributed by atoms with Crippen LogP contribution in [0.25, 0.3) is 5.52 Å². The molecule has 0 aliphatic carbocycles. The molecule has 0 unspecified atom stereocenters. The first-order valence-corrected chi connectivity index (χ1v) is 8.67. The summed E-state index contributed by atoms with van der Waals surface area (Å²) in [6.07, 6.45) is 4.81. The van der Waals surface area contributed by atoms with Crippen LogP contribution in [0, 0.1) is 0 Å². The number of amides is 1. The highest BCUT2D eigenvalue weighted by molar-refractivity contribution is 5.89. The van der Waals surface area contributed by atoms with E-state index in [4.69, 9.17) is 0 Å². The highest BCUT2D eigenvalue weighted by Crippen LogP contribution is 2.16. The Balaban J connectivity index is 1.96. The topological polar surface area (TPSA) is 97.4 Å². The Bertz CT molecular complexity index is 1010. The van der Waals surface area contributed by atoms with Gasteiger partial charge in [-0.2, -0.15) is 5.10 Å². The van der Waals surface area contributed by atoms with E-state index in [1.54, 1.807) is 6.07 Å². The van der Waals surface area contributed by atoms with Crippen molar-refractivity contribution in [1.29, 1.82) is 0 Å². The van der Waals surface area contributed by atoms with E-state index in [9.17, 15) is 9.59 Å². The molecule has 9 heteroatoms. The van der Waals surface area contributed by atoms with E-state index in [1.807, 2.05) is 49.5 Å². The summed E-state index contributed by atoms with van der Waals surface area (Å²) in [7, 11) is 3.94. The van der Waals surface area contributed by atoms with Crippen LogP contribution in [0.4, 0.5) is 5.82 Å². The molecular formula is C18H23N7O2. The van der Waals surface area contributed by atoms with Crippen LogP contribution in [0.5, 0.6) is 0 Å². The summed E-state index contributed by atoms with van der Waals surface area (Å²) in [5.74, 6) is 0.819. The molecule has 142 valence electrons. The molecule has 0 saturated carbocycles. The monoisotopic (exact) mass is 369 g/mol. The van der Waals surface area contributed by atoms with Crippen molar-refractivity contribution < 1.29 is 4.79 Å². The standard InChI is InChI=1S/C18H23N7O2/c1-12(2)17-22-25(10-16(26)21-15-5-6-19-11-20-15)18(27)14-7-13(8-23(3)4)9-24(14)17/h5-7,9,11-12H,8,10H2,1-4H3,(H,19,20,21,26). The summed E-state index contributed by atoms with van der Waals surface area (Å²) in [6.45, 7) is 4.53. The SMILES string of the molecule is CC(C)c1nn(CC(=O)Nc2ccncn2)c(=O)c2cc(CN(C)C)cn12. The van der Waals surface area contributed by atoms with E-state index in [1.165, 1.54) is 17.2 Å². The van der Waals surface area contributed by atoms with Gasteiger partial charge < -0.3 is 10.2 Å². The fraction of sp³-hybridized carbons (Fsp3) is 0.389. The van der Waals surface area contributed by atoms with Crippen molar-refractivity contribution in [2.24, 2.45) is 0 Å². The van der Waals surface area contributed by atoms with Crippen molar-refractivity contribution >= 4 is 17.2 Å². The van der Waals surface area contributed by atoms with Crippen LogP contribution in [0.15, 0.2) is 35.6 Å². The Labute approximate surface area is 156 Å². The summed E-state index contributed by atoms with van der Waals surface area (Å²) in [5, 5.41) is 7.08. The van der Waals surface area contributed by atoms with E-state index in [0.717, 1.165) is 11.4 Å². The zero-order valence-electron chi connectivity index (χ0n) is 15.9. The zero-order valence-corrected chi connectivity index (χ0v) is 15.9. The smallest absolute Gasteiger partial charge is 0.291 e. The van der Waals surface area contributed by atoms with Gasteiger partial charge in [-0.05, 0) is 31.8 Å². The minimum atomic E-state index is -0.373. The maximum atomic E-state index is 12.9. The van der Waals surface area contributed by atoms with Crippen LogP contribution in [0.3, 0.4) is 0 Å². The lowest BCUT2D eigenvalue weighted by atomic mass is 10.2. The van der Waals surface area contributed by atoms with Crippen molar-refractivity contribution in [2.45, 2.75) is 32.9 Å². The van der Waals surface area contributed by atoms with E-state index < -0.39 is 0 Å². The third kappa shape index (κ3) is 4.20. The van der Waals surface area contributed by atoms with Gasteiger partial charge in [0.1, 0.15) is 30.0 Å². The molecule has 0 aromatic carbocycles. The van der Waals surface area contributed by atoms with Crippen molar-refractivity contribution in [2.75, 3.05) is 19.4 Å². The van der Waals surface area contributed by atoms with E-state index in [0.29, 0.717) is 17.9 Å².